The van der Waals surface area contributed by atoms with Crippen molar-refractivity contribution in [2.45, 2.75) is 25.9 Å². The van der Waals surface area contributed by atoms with Gasteiger partial charge in [0.25, 0.3) is 0 Å². The van der Waals surface area contributed by atoms with Crippen LogP contribution in [0.1, 0.15) is 25.2 Å². The Labute approximate surface area is 122 Å². The van der Waals surface area contributed by atoms with Crippen LogP contribution in [0.4, 0.5) is 0 Å². The van der Waals surface area contributed by atoms with Crippen LogP contribution < -0.4 is 5.32 Å². The summed E-state index contributed by atoms with van der Waals surface area (Å²) in [6.45, 7) is 2.26. The number of rotatable bonds is 5. The number of aromatic nitrogens is 4. The Morgan fingerprint density at radius 2 is 2.24 bits per heavy atom. The maximum Gasteiger partial charge on any atom is 0.240 e. The Morgan fingerprint density at radius 3 is 3.00 bits per heavy atom. The van der Waals surface area contributed by atoms with Crippen molar-refractivity contribution in [2.24, 2.45) is 0 Å². The fraction of sp³-hybridized carbons (Fsp3) is 0.267. The second-order valence-corrected chi connectivity index (χ2v) is 4.86. The molecule has 3 aromatic rings. The van der Waals surface area contributed by atoms with Crippen LogP contribution in [0.5, 0.6) is 0 Å². The molecule has 0 aliphatic carbocycles. The lowest BCUT2D eigenvalue weighted by Crippen LogP contribution is -2.31. The molecule has 1 aromatic carbocycles. The molecule has 6 heteroatoms. The maximum absolute atomic E-state index is 12.2. The highest BCUT2D eigenvalue weighted by atomic mass is 16.2. The van der Waals surface area contributed by atoms with Crippen LogP contribution in [0, 0.1) is 0 Å². The molecule has 0 saturated carbocycles. The van der Waals surface area contributed by atoms with Gasteiger partial charge in [-0.2, -0.15) is 0 Å². The number of para-hydroxylation sites is 2. The topological polar surface area (TPSA) is 75.6 Å². The minimum atomic E-state index is -0.0951. The van der Waals surface area contributed by atoms with E-state index in [2.05, 4.69) is 20.3 Å². The molecule has 0 radical (unpaired) electrons. The number of carbonyl (C=O) groups is 1. The van der Waals surface area contributed by atoms with Crippen molar-refractivity contribution in [2.75, 3.05) is 0 Å². The van der Waals surface area contributed by atoms with Crippen molar-refractivity contribution >= 4 is 16.9 Å². The molecule has 1 amide bonds. The Balaban J connectivity index is 1.71. The highest BCUT2D eigenvalue weighted by Gasteiger charge is 2.15. The van der Waals surface area contributed by atoms with Gasteiger partial charge in [-0.3, -0.25) is 4.79 Å². The van der Waals surface area contributed by atoms with E-state index in [0.29, 0.717) is 0 Å². The number of nitrogens with zero attached hydrogens (tertiary/aromatic N) is 3. The zero-order valence-electron chi connectivity index (χ0n) is 11.8. The predicted octanol–water partition coefficient (Wildman–Crippen LogP) is 2.03. The highest BCUT2D eigenvalue weighted by molar-refractivity contribution is 5.80. The van der Waals surface area contributed by atoms with Crippen molar-refractivity contribution in [1.29, 1.82) is 0 Å². The van der Waals surface area contributed by atoms with E-state index in [0.717, 1.165) is 23.3 Å². The number of H-pyrrole nitrogens is 1. The number of hydrogen-bond acceptors (Lipinski definition) is 3. The number of aromatic amines is 1. The van der Waals surface area contributed by atoms with E-state index in [1.54, 1.807) is 18.7 Å². The van der Waals surface area contributed by atoms with E-state index in [1.807, 2.05) is 35.8 Å². The SMILES string of the molecule is CCC(NC(=O)Cn1cnc2ccccc21)c1ncc[nH]1. The van der Waals surface area contributed by atoms with E-state index in [1.165, 1.54) is 0 Å². The van der Waals surface area contributed by atoms with Crippen LogP contribution in [0.2, 0.25) is 0 Å². The molecule has 1 unspecified atom stereocenters. The van der Waals surface area contributed by atoms with Gasteiger partial charge < -0.3 is 14.9 Å². The summed E-state index contributed by atoms with van der Waals surface area (Å²) in [5.74, 6) is 0.725. The van der Waals surface area contributed by atoms with Crippen molar-refractivity contribution in [3.05, 3.63) is 48.8 Å². The van der Waals surface area contributed by atoms with Gasteiger partial charge in [0, 0.05) is 12.4 Å². The van der Waals surface area contributed by atoms with Gasteiger partial charge in [-0.1, -0.05) is 19.1 Å². The number of carbonyl (C=O) groups excluding carboxylic acids is 1. The van der Waals surface area contributed by atoms with Crippen molar-refractivity contribution in [3.8, 4) is 0 Å². The third-order valence-electron chi connectivity index (χ3n) is 3.43. The van der Waals surface area contributed by atoms with Gasteiger partial charge in [-0.15, -0.1) is 0 Å². The zero-order valence-corrected chi connectivity index (χ0v) is 11.8. The van der Waals surface area contributed by atoms with Gasteiger partial charge >= 0.3 is 0 Å². The first-order valence-electron chi connectivity index (χ1n) is 6.96. The van der Waals surface area contributed by atoms with E-state index in [-0.39, 0.29) is 18.5 Å². The number of imidazole rings is 2. The third kappa shape index (κ3) is 2.79. The Hall–Kier alpha value is -2.63. The van der Waals surface area contributed by atoms with Gasteiger partial charge in [0.2, 0.25) is 5.91 Å². The molecule has 0 aliphatic rings. The average molecular weight is 283 g/mol. The van der Waals surface area contributed by atoms with Crippen LogP contribution in [-0.4, -0.2) is 25.4 Å². The zero-order chi connectivity index (χ0) is 14.7. The molecule has 2 aromatic heterocycles. The first-order chi connectivity index (χ1) is 10.3. The van der Waals surface area contributed by atoms with E-state index >= 15 is 0 Å². The van der Waals surface area contributed by atoms with Crippen LogP contribution in [0.3, 0.4) is 0 Å². The van der Waals surface area contributed by atoms with Gasteiger partial charge in [-0.25, -0.2) is 9.97 Å². The first-order valence-corrected chi connectivity index (χ1v) is 6.96. The van der Waals surface area contributed by atoms with Gasteiger partial charge in [0.1, 0.15) is 12.4 Å². The number of nitrogens with one attached hydrogen (secondary N) is 2. The van der Waals surface area contributed by atoms with Gasteiger partial charge in [0.15, 0.2) is 0 Å². The average Bonchev–Trinajstić information content (AvgIpc) is 3.15. The maximum atomic E-state index is 12.2. The summed E-state index contributed by atoms with van der Waals surface area (Å²) >= 11 is 0. The van der Waals surface area contributed by atoms with E-state index in [4.69, 9.17) is 0 Å². The quantitative estimate of drug-likeness (QED) is 0.752. The largest absolute Gasteiger partial charge is 0.347 e. The van der Waals surface area contributed by atoms with Gasteiger partial charge in [-0.05, 0) is 18.6 Å². The summed E-state index contributed by atoms with van der Waals surface area (Å²) < 4.78 is 1.85. The fourth-order valence-electron chi connectivity index (χ4n) is 2.36. The summed E-state index contributed by atoms with van der Waals surface area (Å²) in [6.07, 6.45) is 5.92. The van der Waals surface area contributed by atoms with Crippen LogP contribution >= 0.6 is 0 Å². The monoisotopic (exact) mass is 283 g/mol. The summed E-state index contributed by atoms with van der Waals surface area (Å²) in [5, 5.41) is 2.99. The predicted molar refractivity (Wildman–Crippen MR) is 79.5 cm³/mol. The molecular weight excluding hydrogens is 266 g/mol. The lowest BCUT2D eigenvalue weighted by Gasteiger charge is -2.15. The molecule has 21 heavy (non-hydrogen) atoms. The standard InChI is InChI=1S/C15H17N5O/c1-2-11(15-16-7-8-17-15)19-14(21)9-20-10-18-12-5-3-4-6-13(12)20/h3-8,10-11H,2,9H2,1H3,(H,16,17)(H,19,21). The Bertz CT molecular complexity index is 731. The first kappa shape index (κ1) is 13.4. The number of benzene rings is 1. The molecule has 1 atom stereocenters. The van der Waals surface area contributed by atoms with Crippen molar-refractivity contribution in [1.82, 2.24) is 24.8 Å². The molecule has 0 saturated heterocycles. The molecule has 0 spiro atoms. The summed E-state index contributed by atoms with van der Waals surface area (Å²) in [6, 6.07) is 7.67. The summed E-state index contributed by atoms with van der Waals surface area (Å²) in [7, 11) is 0. The Kier molecular flexibility index (Phi) is 3.68. The molecule has 3 rings (SSSR count). The van der Waals surface area contributed by atoms with Crippen LogP contribution in [0.25, 0.3) is 11.0 Å². The lowest BCUT2D eigenvalue weighted by molar-refractivity contribution is -0.122. The number of amides is 1. The summed E-state index contributed by atoms with van der Waals surface area (Å²) in [4.78, 5) is 23.7. The number of fused-ring (bicyclic) bond motifs is 1. The van der Waals surface area contributed by atoms with E-state index < -0.39 is 0 Å². The smallest absolute Gasteiger partial charge is 0.240 e. The molecular formula is C15H17N5O. The molecule has 0 aliphatic heterocycles. The fourth-order valence-corrected chi connectivity index (χ4v) is 2.36. The second-order valence-electron chi connectivity index (χ2n) is 4.86. The second kappa shape index (κ2) is 5.78. The number of hydrogen-bond donors (Lipinski definition) is 2. The van der Waals surface area contributed by atoms with E-state index in [9.17, 15) is 4.79 Å². The normalized spacial score (nSPS) is 12.4. The molecule has 108 valence electrons. The minimum absolute atomic E-state index is 0.0543. The molecule has 2 N–H and O–H groups in total. The molecule has 0 fully saturated rings. The molecule has 6 nitrogen and oxygen atoms in total. The highest BCUT2D eigenvalue weighted by Crippen LogP contribution is 2.13. The van der Waals surface area contributed by atoms with Crippen molar-refractivity contribution in [3.63, 3.8) is 0 Å². The minimum Gasteiger partial charge on any atom is -0.347 e. The summed E-state index contributed by atoms with van der Waals surface area (Å²) in [5.41, 5.74) is 1.85. The van der Waals surface area contributed by atoms with Crippen LogP contribution in [0.15, 0.2) is 43.0 Å². The third-order valence-corrected chi connectivity index (χ3v) is 3.43. The van der Waals surface area contributed by atoms with Crippen LogP contribution in [-0.2, 0) is 11.3 Å². The molecule has 0 bridgehead atoms. The Morgan fingerprint density at radius 1 is 1.38 bits per heavy atom. The molecule has 2 heterocycles. The van der Waals surface area contributed by atoms with Crippen molar-refractivity contribution < 1.29 is 4.79 Å². The lowest BCUT2D eigenvalue weighted by atomic mass is 10.2. The van der Waals surface area contributed by atoms with Gasteiger partial charge in [0.05, 0.1) is 23.4 Å².